The molecule has 0 unspecified atom stereocenters. The highest BCUT2D eigenvalue weighted by Gasteiger charge is 2.34. The maximum absolute atomic E-state index is 12.8. The fraction of sp³-hybridized carbons (Fsp3) is 0.389. The Hall–Kier alpha value is -1.42. The van der Waals surface area contributed by atoms with Crippen LogP contribution >= 0.6 is 27.3 Å². The molecule has 0 bridgehead atoms. The lowest BCUT2D eigenvalue weighted by atomic mass is 9.99. The molecule has 6 nitrogen and oxygen atoms in total. The molecule has 0 radical (unpaired) electrons. The molecule has 2 heterocycles. The van der Waals surface area contributed by atoms with Crippen molar-refractivity contribution in [2.45, 2.75) is 24.0 Å². The first kappa shape index (κ1) is 20.3. The van der Waals surface area contributed by atoms with Gasteiger partial charge in [-0.3, -0.25) is 4.79 Å². The SMILES string of the molecule is CCOc1ccc(NC(=O)[C@@H]2CCCN(S(=O)(=O)c3ccc(Br)s3)C2)cc1. The molecular formula is C18H21BrN2O4S2. The van der Waals surface area contributed by atoms with Crippen molar-refractivity contribution in [2.75, 3.05) is 25.0 Å². The van der Waals surface area contributed by atoms with Crippen LogP contribution < -0.4 is 10.1 Å². The number of amides is 1. The summed E-state index contributed by atoms with van der Waals surface area (Å²) >= 11 is 4.48. The number of hydrogen-bond acceptors (Lipinski definition) is 5. The monoisotopic (exact) mass is 472 g/mol. The van der Waals surface area contributed by atoms with Gasteiger partial charge in [0.05, 0.1) is 16.3 Å². The van der Waals surface area contributed by atoms with E-state index in [2.05, 4.69) is 21.2 Å². The molecule has 1 aliphatic rings. The summed E-state index contributed by atoms with van der Waals surface area (Å²) in [6.45, 7) is 3.12. The van der Waals surface area contributed by atoms with E-state index < -0.39 is 10.0 Å². The molecule has 0 spiro atoms. The van der Waals surface area contributed by atoms with E-state index in [9.17, 15) is 13.2 Å². The molecular weight excluding hydrogens is 452 g/mol. The predicted octanol–water partition coefficient (Wildman–Crippen LogP) is 3.95. The van der Waals surface area contributed by atoms with Crippen LogP contribution in [0.25, 0.3) is 0 Å². The van der Waals surface area contributed by atoms with E-state index in [1.807, 2.05) is 6.92 Å². The van der Waals surface area contributed by atoms with E-state index >= 15 is 0 Å². The molecule has 2 aromatic rings. The Bertz CT molecular complexity index is 896. The van der Waals surface area contributed by atoms with Crippen LogP contribution in [0.2, 0.25) is 0 Å². The van der Waals surface area contributed by atoms with Crippen LogP contribution in [0.1, 0.15) is 19.8 Å². The Morgan fingerprint density at radius 2 is 2.04 bits per heavy atom. The van der Waals surface area contributed by atoms with E-state index in [0.29, 0.717) is 35.9 Å². The number of sulfonamides is 1. The molecule has 1 N–H and O–H groups in total. The van der Waals surface area contributed by atoms with E-state index in [0.717, 1.165) is 9.54 Å². The van der Waals surface area contributed by atoms with Crippen LogP contribution in [0, 0.1) is 5.92 Å². The van der Waals surface area contributed by atoms with E-state index in [1.165, 1.54) is 15.6 Å². The normalized spacial score (nSPS) is 18.2. The van der Waals surface area contributed by atoms with Crippen molar-refractivity contribution in [3.05, 3.63) is 40.2 Å². The number of piperidine rings is 1. The van der Waals surface area contributed by atoms with Gasteiger partial charge in [-0.05, 0) is 72.1 Å². The van der Waals surface area contributed by atoms with Gasteiger partial charge in [-0.25, -0.2) is 8.42 Å². The van der Waals surface area contributed by atoms with E-state index in [-0.39, 0.29) is 18.4 Å². The van der Waals surface area contributed by atoms with Crippen LogP contribution in [-0.2, 0) is 14.8 Å². The molecule has 1 atom stereocenters. The number of nitrogens with one attached hydrogen (secondary N) is 1. The Labute approximate surface area is 171 Å². The van der Waals surface area contributed by atoms with Crippen molar-refractivity contribution >= 4 is 48.9 Å². The van der Waals surface area contributed by atoms with Gasteiger partial charge in [-0.2, -0.15) is 4.31 Å². The number of halogens is 1. The zero-order valence-electron chi connectivity index (χ0n) is 14.9. The molecule has 1 amide bonds. The summed E-state index contributed by atoms with van der Waals surface area (Å²) in [5.41, 5.74) is 0.672. The van der Waals surface area contributed by atoms with Gasteiger partial charge in [0.2, 0.25) is 5.91 Å². The third-order valence-electron chi connectivity index (χ3n) is 4.33. The molecule has 9 heteroatoms. The van der Waals surface area contributed by atoms with Gasteiger partial charge in [-0.15, -0.1) is 11.3 Å². The summed E-state index contributed by atoms with van der Waals surface area (Å²) < 4.78 is 33.5. The summed E-state index contributed by atoms with van der Waals surface area (Å²) in [7, 11) is -3.57. The lowest BCUT2D eigenvalue weighted by Crippen LogP contribution is -2.43. The summed E-state index contributed by atoms with van der Waals surface area (Å²) in [6, 6.07) is 10.5. The Balaban J connectivity index is 1.65. The fourth-order valence-corrected chi connectivity index (χ4v) is 6.67. The van der Waals surface area contributed by atoms with Crippen LogP contribution in [0.15, 0.2) is 44.4 Å². The van der Waals surface area contributed by atoms with Crippen molar-refractivity contribution in [1.82, 2.24) is 4.31 Å². The molecule has 0 aliphatic carbocycles. The molecule has 27 heavy (non-hydrogen) atoms. The Morgan fingerprint density at radius 3 is 2.67 bits per heavy atom. The molecule has 1 aromatic heterocycles. The smallest absolute Gasteiger partial charge is 0.252 e. The van der Waals surface area contributed by atoms with Crippen molar-refractivity contribution < 1.29 is 17.9 Å². The second-order valence-corrected chi connectivity index (χ2v) is 10.8. The largest absolute Gasteiger partial charge is 0.494 e. The molecule has 146 valence electrons. The average Bonchev–Trinajstić information content (AvgIpc) is 3.11. The lowest BCUT2D eigenvalue weighted by Gasteiger charge is -2.30. The van der Waals surface area contributed by atoms with Crippen LogP contribution in [0.4, 0.5) is 5.69 Å². The number of nitrogens with zero attached hydrogens (tertiary/aromatic N) is 1. The molecule has 0 saturated carbocycles. The summed E-state index contributed by atoms with van der Waals surface area (Å²) in [5, 5.41) is 2.88. The standard InChI is InChI=1S/C18H21BrN2O4S2/c1-2-25-15-7-5-14(6-8-15)20-18(22)13-4-3-11-21(12-13)27(23,24)17-10-9-16(19)26-17/h5-10,13H,2-4,11-12H2,1H3,(H,20,22)/t13-/m1/s1. The third-order valence-corrected chi connectivity index (χ3v) is 8.29. The number of ether oxygens (including phenoxy) is 1. The van der Waals surface area contributed by atoms with Gasteiger partial charge in [0.25, 0.3) is 10.0 Å². The first-order chi connectivity index (χ1) is 12.9. The second kappa shape index (κ2) is 8.72. The molecule has 1 aliphatic heterocycles. The van der Waals surface area contributed by atoms with Gasteiger partial charge < -0.3 is 10.1 Å². The second-order valence-electron chi connectivity index (χ2n) is 6.21. The zero-order valence-corrected chi connectivity index (χ0v) is 18.1. The molecule has 3 rings (SSSR count). The Kier molecular flexibility index (Phi) is 6.56. The average molecular weight is 473 g/mol. The van der Waals surface area contributed by atoms with Crippen LogP contribution in [0.3, 0.4) is 0 Å². The predicted molar refractivity (Wildman–Crippen MR) is 110 cm³/mol. The number of thiophene rings is 1. The molecule has 1 saturated heterocycles. The fourth-order valence-electron chi connectivity index (χ4n) is 2.98. The lowest BCUT2D eigenvalue weighted by molar-refractivity contribution is -0.120. The van der Waals surface area contributed by atoms with E-state index in [4.69, 9.17) is 4.74 Å². The maximum Gasteiger partial charge on any atom is 0.252 e. The highest BCUT2D eigenvalue weighted by atomic mass is 79.9. The topological polar surface area (TPSA) is 75.7 Å². The van der Waals surface area contributed by atoms with Gasteiger partial charge in [0, 0.05) is 18.8 Å². The van der Waals surface area contributed by atoms with Gasteiger partial charge >= 0.3 is 0 Å². The summed E-state index contributed by atoms with van der Waals surface area (Å²) in [4.78, 5) is 12.6. The number of anilines is 1. The first-order valence-corrected chi connectivity index (χ1v) is 11.7. The Morgan fingerprint density at radius 1 is 1.30 bits per heavy atom. The first-order valence-electron chi connectivity index (χ1n) is 8.69. The van der Waals surface area contributed by atoms with Gasteiger partial charge in [0.15, 0.2) is 0 Å². The van der Waals surface area contributed by atoms with Gasteiger partial charge in [0.1, 0.15) is 9.96 Å². The van der Waals surface area contributed by atoms with E-state index in [1.54, 1.807) is 36.4 Å². The minimum absolute atomic E-state index is 0.161. The number of carbonyl (C=O) groups is 1. The number of carbonyl (C=O) groups excluding carboxylic acids is 1. The van der Waals surface area contributed by atoms with Crippen LogP contribution in [-0.4, -0.2) is 38.3 Å². The third kappa shape index (κ3) is 4.90. The van der Waals surface area contributed by atoms with Crippen LogP contribution in [0.5, 0.6) is 5.75 Å². The minimum atomic E-state index is -3.57. The maximum atomic E-state index is 12.8. The minimum Gasteiger partial charge on any atom is -0.494 e. The van der Waals surface area contributed by atoms with Crippen molar-refractivity contribution in [3.63, 3.8) is 0 Å². The number of benzene rings is 1. The number of rotatable bonds is 6. The van der Waals surface area contributed by atoms with Crippen molar-refractivity contribution in [1.29, 1.82) is 0 Å². The zero-order chi connectivity index (χ0) is 19.4. The van der Waals surface area contributed by atoms with Crippen molar-refractivity contribution in [3.8, 4) is 5.75 Å². The highest BCUT2D eigenvalue weighted by Crippen LogP contribution is 2.31. The quantitative estimate of drug-likeness (QED) is 0.690. The summed E-state index contributed by atoms with van der Waals surface area (Å²) in [5.74, 6) is 0.211. The number of hydrogen-bond donors (Lipinski definition) is 1. The highest BCUT2D eigenvalue weighted by molar-refractivity contribution is 9.11. The van der Waals surface area contributed by atoms with Gasteiger partial charge in [-0.1, -0.05) is 0 Å². The van der Waals surface area contributed by atoms with Crippen molar-refractivity contribution in [2.24, 2.45) is 5.92 Å². The summed E-state index contributed by atoms with van der Waals surface area (Å²) in [6.07, 6.45) is 1.33. The molecule has 1 fully saturated rings. The molecule has 1 aromatic carbocycles.